The number of anilines is 5. The molecule has 0 spiro atoms. The summed E-state index contributed by atoms with van der Waals surface area (Å²) in [7, 11) is 0. The van der Waals surface area contributed by atoms with E-state index in [2.05, 4.69) is 25.6 Å². The summed E-state index contributed by atoms with van der Waals surface area (Å²) in [6.45, 7) is 2.57. The van der Waals surface area contributed by atoms with E-state index in [1.807, 2.05) is 17.0 Å². The summed E-state index contributed by atoms with van der Waals surface area (Å²) in [6.07, 6.45) is 0. The van der Waals surface area contributed by atoms with Gasteiger partial charge in [-0.05, 0) is 36.4 Å². The molecule has 7 nitrogen and oxygen atoms in total. The van der Waals surface area contributed by atoms with Crippen LogP contribution in [0, 0.1) is 5.82 Å². The van der Waals surface area contributed by atoms with E-state index >= 15 is 0 Å². The third-order valence-electron chi connectivity index (χ3n) is 4.08. The fourth-order valence-corrected chi connectivity index (χ4v) is 2.96. The van der Waals surface area contributed by atoms with E-state index in [-0.39, 0.29) is 18.2 Å². The molecule has 1 fully saturated rings. The molecule has 0 atom stereocenters. The number of morpholine rings is 1. The predicted octanol–water partition coefficient (Wildman–Crippen LogP) is 4.41. The van der Waals surface area contributed by atoms with Crippen LogP contribution < -0.4 is 15.5 Å². The third-order valence-corrected chi connectivity index (χ3v) is 4.31. The van der Waals surface area contributed by atoms with Crippen molar-refractivity contribution < 1.29 is 9.13 Å². The Bertz CT molecular complexity index is 905. The van der Waals surface area contributed by atoms with Crippen LogP contribution in [0.2, 0.25) is 5.02 Å². The largest absolute Gasteiger partial charge is 0.378 e. The quantitative estimate of drug-likeness (QED) is 0.613. The van der Waals surface area contributed by atoms with Gasteiger partial charge in [-0.25, -0.2) is 4.39 Å². The number of nitrogens with zero attached hydrogens (tertiary/aromatic N) is 4. The molecule has 0 radical (unpaired) electrons. The zero-order valence-corrected chi connectivity index (χ0v) is 16.9. The Labute approximate surface area is 178 Å². The smallest absolute Gasteiger partial charge is 0.233 e. The Morgan fingerprint density at radius 2 is 1.52 bits per heavy atom. The summed E-state index contributed by atoms with van der Waals surface area (Å²) in [5, 5.41) is 6.78. The summed E-state index contributed by atoms with van der Waals surface area (Å²) in [6, 6.07) is 13.4. The highest BCUT2D eigenvalue weighted by molar-refractivity contribution is 6.30. The predicted molar refractivity (Wildman–Crippen MR) is 115 cm³/mol. The number of halogens is 3. The van der Waals surface area contributed by atoms with Crippen molar-refractivity contribution in [2.24, 2.45) is 0 Å². The van der Waals surface area contributed by atoms with E-state index in [1.165, 1.54) is 12.1 Å². The summed E-state index contributed by atoms with van der Waals surface area (Å²) in [5.41, 5.74) is 1.30. The molecule has 4 rings (SSSR count). The van der Waals surface area contributed by atoms with Crippen molar-refractivity contribution in [2.45, 2.75) is 0 Å². The first kappa shape index (κ1) is 21.0. The lowest BCUT2D eigenvalue weighted by molar-refractivity contribution is 0.122. The van der Waals surface area contributed by atoms with E-state index in [4.69, 9.17) is 16.3 Å². The van der Waals surface area contributed by atoms with Crippen LogP contribution in [0.1, 0.15) is 0 Å². The van der Waals surface area contributed by atoms with Gasteiger partial charge in [-0.15, -0.1) is 12.4 Å². The molecule has 10 heteroatoms. The molecule has 2 heterocycles. The van der Waals surface area contributed by atoms with E-state index in [1.54, 1.807) is 24.3 Å². The van der Waals surface area contributed by atoms with Gasteiger partial charge in [-0.1, -0.05) is 23.7 Å². The second-order valence-corrected chi connectivity index (χ2v) is 6.59. The standard InChI is InChI=1S/C19H18ClFN6O.ClH/c20-13-3-1-5-15(11-13)22-17-24-18(23-16-6-2-4-14(21)12-16)26-19(25-17)27-7-9-28-10-8-27;/h1-6,11-12H,7-10H2,(H2,22,23,24,25,26);1H. The van der Waals surface area contributed by atoms with Crippen molar-refractivity contribution in [1.29, 1.82) is 0 Å². The first-order chi connectivity index (χ1) is 13.7. The Morgan fingerprint density at radius 1 is 0.897 bits per heavy atom. The molecule has 3 aromatic rings. The normalized spacial score (nSPS) is 13.5. The number of hydrogen-bond donors (Lipinski definition) is 2. The molecule has 29 heavy (non-hydrogen) atoms. The van der Waals surface area contributed by atoms with Gasteiger partial charge in [0.05, 0.1) is 13.2 Å². The monoisotopic (exact) mass is 436 g/mol. The van der Waals surface area contributed by atoms with Crippen molar-refractivity contribution in [3.05, 3.63) is 59.4 Å². The average molecular weight is 437 g/mol. The van der Waals surface area contributed by atoms with Crippen LogP contribution in [-0.2, 0) is 4.74 Å². The molecule has 2 aromatic carbocycles. The second-order valence-electron chi connectivity index (χ2n) is 6.15. The molecule has 1 aliphatic heterocycles. The maximum Gasteiger partial charge on any atom is 0.233 e. The molecule has 0 bridgehead atoms. The average Bonchev–Trinajstić information content (AvgIpc) is 2.68. The highest BCUT2D eigenvalue weighted by atomic mass is 35.5. The fraction of sp³-hybridized carbons (Fsp3) is 0.211. The molecule has 1 aliphatic rings. The maximum atomic E-state index is 13.5. The van der Waals surface area contributed by atoms with Crippen molar-refractivity contribution in [3.8, 4) is 0 Å². The molecule has 0 aliphatic carbocycles. The molecular formula is C19H19Cl2FN6O. The van der Waals surface area contributed by atoms with Crippen LogP contribution >= 0.6 is 24.0 Å². The van der Waals surface area contributed by atoms with Gasteiger partial charge in [0.15, 0.2) is 0 Å². The zero-order chi connectivity index (χ0) is 19.3. The summed E-state index contributed by atoms with van der Waals surface area (Å²) in [5.74, 6) is 0.843. The molecule has 2 N–H and O–H groups in total. The lowest BCUT2D eigenvalue weighted by Crippen LogP contribution is -2.37. The summed E-state index contributed by atoms with van der Waals surface area (Å²) < 4.78 is 18.9. The van der Waals surface area contributed by atoms with Crippen LogP contribution in [0.15, 0.2) is 48.5 Å². The van der Waals surface area contributed by atoms with Crippen LogP contribution in [0.25, 0.3) is 0 Å². The lowest BCUT2D eigenvalue weighted by Gasteiger charge is -2.27. The van der Waals surface area contributed by atoms with E-state index in [9.17, 15) is 4.39 Å². The maximum absolute atomic E-state index is 13.5. The van der Waals surface area contributed by atoms with Crippen LogP contribution in [-0.4, -0.2) is 41.3 Å². The SMILES string of the molecule is Cl.Fc1cccc(Nc2nc(Nc3cccc(Cl)c3)nc(N3CCOCC3)n2)c1. The number of aromatic nitrogens is 3. The Kier molecular flexibility index (Phi) is 7.03. The minimum Gasteiger partial charge on any atom is -0.378 e. The Morgan fingerprint density at radius 3 is 2.14 bits per heavy atom. The highest BCUT2D eigenvalue weighted by Crippen LogP contribution is 2.22. The van der Waals surface area contributed by atoms with Gasteiger partial charge < -0.3 is 20.3 Å². The summed E-state index contributed by atoms with van der Waals surface area (Å²) >= 11 is 6.05. The van der Waals surface area contributed by atoms with Crippen LogP contribution in [0.4, 0.5) is 33.6 Å². The van der Waals surface area contributed by atoms with Gasteiger partial charge in [0, 0.05) is 29.5 Å². The number of nitrogens with one attached hydrogen (secondary N) is 2. The van der Waals surface area contributed by atoms with Crippen molar-refractivity contribution in [3.63, 3.8) is 0 Å². The molecular weight excluding hydrogens is 418 g/mol. The van der Waals surface area contributed by atoms with Crippen molar-refractivity contribution >= 4 is 53.2 Å². The van der Waals surface area contributed by atoms with E-state index < -0.39 is 0 Å². The highest BCUT2D eigenvalue weighted by Gasteiger charge is 2.17. The zero-order valence-electron chi connectivity index (χ0n) is 15.3. The summed E-state index contributed by atoms with van der Waals surface area (Å²) in [4.78, 5) is 15.4. The fourth-order valence-electron chi connectivity index (χ4n) is 2.77. The van der Waals surface area contributed by atoms with E-state index in [0.717, 1.165) is 5.69 Å². The molecule has 0 amide bonds. The first-order valence-electron chi connectivity index (χ1n) is 8.80. The van der Waals surface area contributed by atoms with Gasteiger partial charge in [-0.3, -0.25) is 0 Å². The van der Waals surface area contributed by atoms with Gasteiger partial charge in [-0.2, -0.15) is 15.0 Å². The molecule has 152 valence electrons. The second kappa shape index (κ2) is 9.69. The van der Waals surface area contributed by atoms with Gasteiger partial charge in [0.2, 0.25) is 17.8 Å². The van der Waals surface area contributed by atoms with Gasteiger partial charge in [0.25, 0.3) is 0 Å². The van der Waals surface area contributed by atoms with E-state index in [0.29, 0.717) is 54.9 Å². The number of ether oxygens (including phenoxy) is 1. The minimum atomic E-state index is -0.343. The molecule has 0 unspecified atom stereocenters. The third kappa shape index (κ3) is 5.66. The van der Waals surface area contributed by atoms with Crippen molar-refractivity contribution in [2.75, 3.05) is 41.8 Å². The topological polar surface area (TPSA) is 75.2 Å². The lowest BCUT2D eigenvalue weighted by atomic mass is 10.3. The first-order valence-corrected chi connectivity index (χ1v) is 9.17. The Balaban J connectivity index is 0.00000240. The van der Waals surface area contributed by atoms with Gasteiger partial charge >= 0.3 is 0 Å². The van der Waals surface area contributed by atoms with Crippen molar-refractivity contribution in [1.82, 2.24) is 15.0 Å². The minimum absolute atomic E-state index is 0. The van der Waals surface area contributed by atoms with Crippen LogP contribution in [0.5, 0.6) is 0 Å². The Hall–Kier alpha value is -2.68. The van der Waals surface area contributed by atoms with Gasteiger partial charge in [0.1, 0.15) is 5.82 Å². The number of benzene rings is 2. The molecule has 0 saturated carbocycles. The number of hydrogen-bond acceptors (Lipinski definition) is 7. The van der Waals surface area contributed by atoms with Crippen LogP contribution in [0.3, 0.4) is 0 Å². The number of rotatable bonds is 5. The molecule has 1 aromatic heterocycles. The molecule has 1 saturated heterocycles.